The van der Waals surface area contributed by atoms with E-state index in [1.54, 1.807) is 6.20 Å². The fraction of sp³-hybridized carbons (Fsp3) is 0.632. The zero-order chi connectivity index (χ0) is 18.8. The molecule has 1 aliphatic rings. The number of aromatic nitrogens is 4. The maximum Gasteiger partial charge on any atom is 0.222 e. The Balaban J connectivity index is 1.51. The van der Waals surface area contributed by atoms with E-state index in [0.717, 1.165) is 30.7 Å². The lowest BCUT2D eigenvalue weighted by Gasteiger charge is -2.34. The first-order valence-corrected chi connectivity index (χ1v) is 9.30. The Kier molecular flexibility index (Phi) is 5.46. The van der Waals surface area contributed by atoms with Crippen molar-refractivity contribution in [1.82, 2.24) is 24.2 Å². The molecule has 0 spiro atoms. The lowest BCUT2D eigenvalue weighted by molar-refractivity contribution is -0.133. The first-order chi connectivity index (χ1) is 12.4. The van der Waals surface area contributed by atoms with E-state index in [1.165, 1.54) is 5.56 Å². The number of carbonyl (C=O) groups is 1. The molecule has 142 valence electrons. The van der Waals surface area contributed by atoms with Gasteiger partial charge in [0, 0.05) is 51.7 Å². The van der Waals surface area contributed by atoms with Crippen LogP contribution in [0.2, 0.25) is 0 Å². The molecule has 7 heteroatoms. The first kappa shape index (κ1) is 18.6. The molecular weight excluding hydrogens is 330 g/mol. The molecule has 1 amide bonds. The second-order valence-electron chi connectivity index (χ2n) is 7.33. The van der Waals surface area contributed by atoms with E-state index in [-0.39, 0.29) is 11.8 Å². The quantitative estimate of drug-likeness (QED) is 0.881. The van der Waals surface area contributed by atoms with Crippen LogP contribution in [0.25, 0.3) is 0 Å². The lowest BCUT2D eigenvalue weighted by atomic mass is 9.90. The van der Waals surface area contributed by atoms with Crippen LogP contribution in [0.3, 0.4) is 0 Å². The number of likely N-dealkylation sites (tertiary alicyclic amines) is 1. The molecule has 1 N–H and O–H groups in total. The van der Waals surface area contributed by atoms with Crippen LogP contribution in [-0.4, -0.2) is 48.3 Å². The Labute approximate surface area is 154 Å². The van der Waals surface area contributed by atoms with Crippen molar-refractivity contribution in [2.45, 2.75) is 45.6 Å². The minimum absolute atomic E-state index is 0.156. The van der Waals surface area contributed by atoms with E-state index in [2.05, 4.69) is 10.1 Å². The van der Waals surface area contributed by atoms with Crippen LogP contribution >= 0.6 is 0 Å². The number of aliphatic hydroxyl groups is 1. The normalized spacial score (nSPS) is 16.9. The summed E-state index contributed by atoms with van der Waals surface area (Å²) in [6, 6.07) is 0. The monoisotopic (exact) mass is 359 g/mol. The zero-order valence-electron chi connectivity index (χ0n) is 16.1. The van der Waals surface area contributed by atoms with Crippen LogP contribution in [-0.2, 0) is 25.3 Å². The van der Waals surface area contributed by atoms with Gasteiger partial charge in [0.25, 0.3) is 0 Å². The lowest BCUT2D eigenvalue weighted by Crippen LogP contribution is -2.40. The summed E-state index contributed by atoms with van der Waals surface area (Å²) in [7, 11) is 3.83. The summed E-state index contributed by atoms with van der Waals surface area (Å²) >= 11 is 0. The summed E-state index contributed by atoms with van der Waals surface area (Å²) in [4.78, 5) is 18.8. The van der Waals surface area contributed by atoms with Gasteiger partial charge in [-0.1, -0.05) is 0 Å². The van der Waals surface area contributed by atoms with Crippen LogP contribution in [0.4, 0.5) is 0 Å². The number of aliphatic hydroxyl groups excluding tert-OH is 1. The smallest absolute Gasteiger partial charge is 0.222 e. The highest BCUT2D eigenvalue weighted by molar-refractivity contribution is 5.76. The van der Waals surface area contributed by atoms with Gasteiger partial charge >= 0.3 is 0 Å². The molecule has 7 nitrogen and oxygen atoms in total. The molecule has 0 aliphatic carbocycles. The molecule has 0 aromatic carbocycles. The van der Waals surface area contributed by atoms with Gasteiger partial charge in [-0.3, -0.25) is 9.48 Å². The van der Waals surface area contributed by atoms with E-state index in [1.807, 2.05) is 48.3 Å². The van der Waals surface area contributed by atoms with Crippen LogP contribution in [0.1, 0.15) is 48.1 Å². The largest absolute Gasteiger partial charge is 0.385 e. The molecule has 26 heavy (non-hydrogen) atoms. The Morgan fingerprint density at radius 1 is 1.31 bits per heavy atom. The topological polar surface area (TPSA) is 76.2 Å². The van der Waals surface area contributed by atoms with Gasteiger partial charge in [-0.05, 0) is 44.6 Å². The van der Waals surface area contributed by atoms with Gasteiger partial charge < -0.3 is 14.6 Å². The second kappa shape index (κ2) is 7.61. The minimum atomic E-state index is -0.562. The number of imidazole rings is 1. The van der Waals surface area contributed by atoms with Crippen molar-refractivity contribution in [3.63, 3.8) is 0 Å². The van der Waals surface area contributed by atoms with Gasteiger partial charge in [-0.15, -0.1) is 0 Å². The van der Waals surface area contributed by atoms with Crippen molar-refractivity contribution in [2.24, 2.45) is 20.0 Å². The predicted octanol–water partition coefficient (Wildman–Crippen LogP) is 1.68. The summed E-state index contributed by atoms with van der Waals surface area (Å²) < 4.78 is 3.74. The van der Waals surface area contributed by atoms with Gasteiger partial charge in [0.2, 0.25) is 5.91 Å². The van der Waals surface area contributed by atoms with Crippen LogP contribution in [0.15, 0.2) is 12.4 Å². The molecular formula is C19H29N5O2. The average molecular weight is 359 g/mol. The van der Waals surface area contributed by atoms with Crippen LogP contribution < -0.4 is 0 Å². The van der Waals surface area contributed by atoms with Crippen molar-refractivity contribution in [3.8, 4) is 0 Å². The SMILES string of the molecule is Cc1nn(C)c(C)c1CCC(=O)N1CCC(C(O)c2nccn2C)CC1. The summed E-state index contributed by atoms with van der Waals surface area (Å²) in [6.07, 6.45) is 5.86. The van der Waals surface area contributed by atoms with Crippen molar-refractivity contribution in [1.29, 1.82) is 0 Å². The Morgan fingerprint density at radius 2 is 2.00 bits per heavy atom. The third-order valence-electron chi connectivity index (χ3n) is 5.71. The molecule has 0 saturated carbocycles. The van der Waals surface area contributed by atoms with Crippen molar-refractivity contribution in [2.75, 3.05) is 13.1 Å². The number of carbonyl (C=O) groups excluding carboxylic acids is 1. The Hall–Kier alpha value is -2.15. The molecule has 1 unspecified atom stereocenters. The summed E-state index contributed by atoms with van der Waals surface area (Å²) in [6.45, 7) is 5.45. The first-order valence-electron chi connectivity index (χ1n) is 9.30. The molecule has 1 saturated heterocycles. The summed E-state index contributed by atoms with van der Waals surface area (Å²) in [5.74, 6) is 1.05. The van der Waals surface area contributed by atoms with Crippen molar-refractivity contribution >= 4 is 5.91 Å². The third-order valence-corrected chi connectivity index (χ3v) is 5.71. The highest BCUT2D eigenvalue weighted by Gasteiger charge is 2.30. The Bertz CT molecular complexity index is 771. The summed E-state index contributed by atoms with van der Waals surface area (Å²) in [5, 5.41) is 15.0. The maximum atomic E-state index is 12.6. The van der Waals surface area contributed by atoms with E-state index in [0.29, 0.717) is 25.3 Å². The predicted molar refractivity (Wildman–Crippen MR) is 98.5 cm³/mol. The number of piperidine rings is 1. The van der Waals surface area contributed by atoms with Gasteiger partial charge in [0.05, 0.1) is 5.69 Å². The highest BCUT2D eigenvalue weighted by atomic mass is 16.3. The standard InChI is InChI=1S/C19H29N5O2/c1-13-16(14(2)23(4)21-13)5-6-17(25)24-10-7-15(8-11-24)18(26)19-20-9-12-22(19)3/h9,12,15,18,26H,5-8,10-11H2,1-4H3. The molecule has 1 atom stereocenters. The van der Waals surface area contributed by atoms with Gasteiger partial charge in [0.15, 0.2) is 0 Å². The molecule has 3 heterocycles. The van der Waals surface area contributed by atoms with Crippen molar-refractivity contribution < 1.29 is 9.90 Å². The molecule has 0 bridgehead atoms. The van der Waals surface area contributed by atoms with E-state index in [4.69, 9.17) is 0 Å². The summed E-state index contributed by atoms with van der Waals surface area (Å²) in [5.41, 5.74) is 3.32. The van der Waals surface area contributed by atoms with Crippen LogP contribution in [0, 0.1) is 19.8 Å². The van der Waals surface area contributed by atoms with Crippen molar-refractivity contribution in [3.05, 3.63) is 35.2 Å². The number of rotatable bonds is 5. The average Bonchev–Trinajstić information content (AvgIpc) is 3.16. The highest BCUT2D eigenvalue weighted by Crippen LogP contribution is 2.30. The Morgan fingerprint density at radius 3 is 2.54 bits per heavy atom. The maximum absolute atomic E-state index is 12.6. The number of hydrogen-bond acceptors (Lipinski definition) is 4. The number of hydrogen-bond donors (Lipinski definition) is 1. The third kappa shape index (κ3) is 3.67. The minimum Gasteiger partial charge on any atom is -0.385 e. The molecule has 2 aromatic rings. The number of amides is 1. The second-order valence-corrected chi connectivity index (χ2v) is 7.33. The number of nitrogens with zero attached hydrogens (tertiary/aromatic N) is 5. The fourth-order valence-electron chi connectivity index (χ4n) is 3.91. The van der Waals surface area contributed by atoms with Gasteiger partial charge in [0.1, 0.15) is 11.9 Å². The van der Waals surface area contributed by atoms with E-state index >= 15 is 0 Å². The van der Waals surface area contributed by atoms with E-state index in [9.17, 15) is 9.90 Å². The molecule has 1 aliphatic heterocycles. The molecule has 0 radical (unpaired) electrons. The molecule has 2 aromatic heterocycles. The van der Waals surface area contributed by atoms with E-state index < -0.39 is 6.10 Å². The molecule has 3 rings (SSSR count). The van der Waals surface area contributed by atoms with Crippen LogP contribution in [0.5, 0.6) is 0 Å². The van der Waals surface area contributed by atoms with Gasteiger partial charge in [-0.2, -0.15) is 5.10 Å². The molecule has 1 fully saturated rings. The fourth-order valence-corrected chi connectivity index (χ4v) is 3.91. The zero-order valence-corrected chi connectivity index (χ0v) is 16.1. The van der Waals surface area contributed by atoms with Gasteiger partial charge in [-0.25, -0.2) is 4.98 Å². The number of aryl methyl sites for hydroxylation is 3.